The van der Waals surface area contributed by atoms with Gasteiger partial charge in [0.05, 0.1) is 20.6 Å². The summed E-state index contributed by atoms with van der Waals surface area (Å²) in [6.07, 6.45) is 19.7. The number of benzene rings is 1. The van der Waals surface area contributed by atoms with Crippen molar-refractivity contribution in [1.82, 2.24) is 5.32 Å². The van der Waals surface area contributed by atoms with Gasteiger partial charge in [-0.15, -0.1) is 0 Å². The number of hydrogen-bond acceptors (Lipinski definition) is 1. The molecule has 0 aliphatic carbocycles. The van der Waals surface area contributed by atoms with Crippen molar-refractivity contribution in [2.75, 3.05) is 20.6 Å². The molecular weight excluding hydrogens is 392 g/mol. The number of rotatable bonds is 20. The first-order chi connectivity index (χ1) is 15.5. The van der Waals surface area contributed by atoms with Gasteiger partial charge in [-0.25, -0.2) is 0 Å². The summed E-state index contributed by atoms with van der Waals surface area (Å²) in [5, 5.41) is 3.01. The highest BCUT2D eigenvalue weighted by Crippen LogP contribution is 2.17. The molecule has 0 unspecified atom stereocenters. The normalized spacial score (nSPS) is 11.5. The third-order valence-electron chi connectivity index (χ3n) is 6.62. The second kappa shape index (κ2) is 17.9. The first kappa shape index (κ1) is 28.4. The van der Waals surface area contributed by atoms with Crippen LogP contribution in [-0.2, 0) is 11.3 Å². The lowest BCUT2D eigenvalue weighted by molar-refractivity contribution is -0.853. The van der Waals surface area contributed by atoms with Gasteiger partial charge in [-0.1, -0.05) is 114 Å². The van der Waals surface area contributed by atoms with Crippen molar-refractivity contribution < 1.29 is 9.28 Å². The maximum Gasteiger partial charge on any atom is 0.230 e. The Morgan fingerprint density at radius 3 is 1.75 bits per heavy atom. The van der Waals surface area contributed by atoms with Crippen LogP contribution in [0.5, 0.6) is 0 Å². The van der Waals surface area contributed by atoms with Gasteiger partial charge in [-0.3, -0.25) is 9.28 Å². The second-order valence-electron chi connectivity index (χ2n) is 10.0. The first-order valence-electron chi connectivity index (χ1n) is 13.3. The Morgan fingerprint density at radius 1 is 0.781 bits per heavy atom. The summed E-state index contributed by atoms with van der Waals surface area (Å²) in [6, 6.07) is 10.0. The Hall–Kier alpha value is -1.61. The van der Waals surface area contributed by atoms with E-state index in [1.54, 1.807) is 0 Å². The van der Waals surface area contributed by atoms with Crippen LogP contribution >= 0.6 is 0 Å². The highest BCUT2D eigenvalue weighted by atomic mass is 16.1. The number of amides is 1. The minimum absolute atomic E-state index is 0.0611. The SMILES string of the molecule is C=C(CC(=O)NCc1ccccc1)[N+](C)(C)CCCCCCCCCCCCCCCC. The van der Waals surface area contributed by atoms with Gasteiger partial charge in [0.2, 0.25) is 5.91 Å². The molecule has 0 spiro atoms. The lowest BCUT2D eigenvalue weighted by Gasteiger charge is -2.31. The van der Waals surface area contributed by atoms with Crippen LogP contribution in [0, 0.1) is 0 Å². The standard InChI is InChI=1S/C29H50N2O/c1-5-6-7-8-9-10-11-12-13-14-15-16-17-21-24-31(3,4)27(2)25-29(32)30-26-28-22-19-18-20-23-28/h18-20,22-23H,2,5-17,21,24-26H2,1,3-4H3/p+1. The van der Waals surface area contributed by atoms with Crippen LogP contribution in [0.3, 0.4) is 0 Å². The number of hydrogen-bond donors (Lipinski definition) is 1. The fourth-order valence-electron chi connectivity index (χ4n) is 4.12. The summed E-state index contributed by atoms with van der Waals surface area (Å²) in [5.41, 5.74) is 2.12. The van der Waals surface area contributed by atoms with Crippen molar-refractivity contribution in [2.24, 2.45) is 0 Å². The van der Waals surface area contributed by atoms with Gasteiger partial charge in [0, 0.05) is 6.54 Å². The summed E-state index contributed by atoms with van der Waals surface area (Å²) in [5.74, 6) is 0.0611. The van der Waals surface area contributed by atoms with E-state index in [1.165, 1.54) is 89.9 Å². The van der Waals surface area contributed by atoms with Gasteiger partial charge in [0.25, 0.3) is 0 Å². The van der Waals surface area contributed by atoms with Crippen molar-refractivity contribution in [3.05, 3.63) is 48.2 Å². The van der Waals surface area contributed by atoms with Crippen LogP contribution in [0.4, 0.5) is 0 Å². The van der Waals surface area contributed by atoms with E-state index in [4.69, 9.17) is 0 Å². The molecule has 0 saturated heterocycles. The van der Waals surface area contributed by atoms with E-state index in [1.807, 2.05) is 30.3 Å². The van der Waals surface area contributed by atoms with E-state index in [0.717, 1.165) is 22.3 Å². The summed E-state index contributed by atoms with van der Waals surface area (Å²) in [7, 11) is 4.35. The quantitative estimate of drug-likeness (QED) is 0.162. The van der Waals surface area contributed by atoms with Crippen LogP contribution in [0.25, 0.3) is 0 Å². The molecule has 1 rings (SSSR count). The lowest BCUT2D eigenvalue weighted by atomic mass is 10.0. The molecule has 0 aliphatic heterocycles. The van der Waals surface area contributed by atoms with Gasteiger partial charge < -0.3 is 5.32 Å². The predicted octanol–water partition coefficient (Wildman–Crippen LogP) is 7.76. The Kier molecular flexibility index (Phi) is 15.9. The summed E-state index contributed by atoms with van der Waals surface area (Å²) >= 11 is 0. The molecule has 0 aliphatic rings. The summed E-state index contributed by atoms with van der Waals surface area (Å²) in [4.78, 5) is 12.3. The van der Waals surface area contributed by atoms with E-state index in [0.29, 0.717) is 13.0 Å². The molecule has 1 aromatic rings. The maximum atomic E-state index is 12.3. The molecule has 0 heterocycles. The molecule has 182 valence electrons. The fourth-order valence-corrected chi connectivity index (χ4v) is 4.12. The molecule has 0 bridgehead atoms. The summed E-state index contributed by atoms with van der Waals surface area (Å²) in [6.45, 7) is 8.14. The van der Waals surface area contributed by atoms with Gasteiger partial charge in [0.1, 0.15) is 12.1 Å². The average molecular weight is 444 g/mol. The molecule has 0 atom stereocenters. The van der Waals surface area contributed by atoms with Crippen LogP contribution < -0.4 is 5.32 Å². The third-order valence-corrected chi connectivity index (χ3v) is 6.62. The zero-order chi connectivity index (χ0) is 23.5. The van der Waals surface area contributed by atoms with E-state index >= 15 is 0 Å². The monoisotopic (exact) mass is 443 g/mol. The Balaban J connectivity index is 2.00. The zero-order valence-corrected chi connectivity index (χ0v) is 21.5. The van der Waals surface area contributed by atoms with Crippen molar-refractivity contribution >= 4 is 5.91 Å². The van der Waals surface area contributed by atoms with Gasteiger partial charge in [0.15, 0.2) is 0 Å². The molecule has 32 heavy (non-hydrogen) atoms. The Labute approximate surface area is 199 Å². The van der Waals surface area contributed by atoms with Crippen molar-refractivity contribution in [1.29, 1.82) is 0 Å². The number of unbranched alkanes of at least 4 members (excludes halogenated alkanes) is 13. The highest BCUT2D eigenvalue weighted by molar-refractivity contribution is 5.77. The third kappa shape index (κ3) is 14.5. The molecule has 0 fully saturated rings. The highest BCUT2D eigenvalue weighted by Gasteiger charge is 2.22. The topological polar surface area (TPSA) is 29.1 Å². The van der Waals surface area contributed by atoms with E-state index < -0.39 is 0 Å². The fraction of sp³-hybridized carbons (Fsp3) is 0.690. The predicted molar refractivity (Wildman–Crippen MR) is 139 cm³/mol. The van der Waals surface area contributed by atoms with Crippen molar-refractivity contribution in [3.8, 4) is 0 Å². The van der Waals surface area contributed by atoms with Gasteiger partial charge in [-0.05, 0) is 25.0 Å². The zero-order valence-electron chi connectivity index (χ0n) is 21.5. The van der Waals surface area contributed by atoms with E-state index in [9.17, 15) is 4.79 Å². The minimum atomic E-state index is 0.0611. The smallest absolute Gasteiger partial charge is 0.230 e. The molecular formula is C29H51N2O+. The van der Waals surface area contributed by atoms with Crippen LogP contribution in [-0.4, -0.2) is 31.0 Å². The van der Waals surface area contributed by atoms with Crippen LogP contribution in [0.15, 0.2) is 42.6 Å². The minimum Gasteiger partial charge on any atom is -0.352 e. The average Bonchev–Trinajstić information content (AvgIpc) is 2.78. The largest absolute Gasteiger partial charge is 0.352 e. The van der Waals surface area contributed by atoms with Crippen LogP contribution in [0.1, 0.15) is 109 Å². The number of nitrogens with zero attached hydrogens (tertiary/aromatic N) is 1. The Morgan fingerprint density at radius 2 is 1.25 bits per heavy atom. The second-order valence-corrected chi connectivity index (χ2v) is 10.0. The van der Waals surface area contributed by atoms with E-state index in [-0.39, 0.29) is 5.91 Å². The number of carbonyl (C=O) groups is 1. The van der Waals surface area contributed by atoms with Crippen LogP contribution in [0.2, 0.25) is 0 Å². The molecule has 0 saturated carbocycles. The Bertz CT molecular complexity index is 609. The van der Waals surface area contributed by atoms with E-state index in [2.05, 4.69) is 32.9 Å². The van der Waals surface area contributed by atoms with Crippen molar-refractivity contribution in [3.63, 3.8) is 0 Å². The molecule has 0 radical (unpaired) electrons. The molecule has 1 N–H and O–H groups in total. The number of quaternary nitrogens is 1. The molecule has 3 heteroatoms. The first-order valence-corrected chi connectivity index (χ1v) is 13.3. The van der Waals surface area contributed by atoms with Gasteiger partial charge in [-0.2, -0.15) is 0 Å². The number of nitrogens with one attached hydrogen (secondary N) is 1. The molecule has 1 amide bonds. The lowest BCUT2D eigenvalue weighted by Crippen LogP contribution is -2.40. The summed E-state index contributed by atoms with van der Waals surface area (Å²) < 4.78 is 0.733. The molecule has 1 aromatic carbocycles. The maximum absolute atomic E-state index is 12.3. The molecule has 0 aromatic heterocycles. The number of carbonyl (C=O) groups excluding carboxylic acids is 1. The van der Waals surface area contributed by atoms with Gasteiger partial charge >= 0.3 is 0 Å². The molecule has 3 nitrogen and oxygen atoms in total. The van der Waals surface area contributed by atoms with Crippen molar-refractivity contribution in [2.45, 2.75) is 110 Å².